The minimum atomic E-state index is -3.52. The summed E-state index contributed by atoms with van der Waals surface area (Å²) >= 11 is 1.51. The summed E-state index contributed by atoms with van der Waals surface area (Å²) in [5, 5.41) is 0. The van der Waals surface area contributed by atoms with Gasteiger partial charge in [-0.2, -0.15) is 4.31 Å². The van der Waals surface area contributed by atoms with Gasteiger partial charge in [-0.25, -0.2) is 8.42 Å². The number of nitrogens with zero attached hydrogens (tertiary/aromatic N) is 2. The van der Waals surface area contributed by atoms with Gasteiger partial charge in [0, 0.05) is 31.1 Å². The van der Waals surface area contributed by atoms with Gasteiger partial charge < -0.3 is 4.90 Å². The van der Waals surface area contributed by atoms with Gasteiger partial charge in [0.2, 0.25) is 15.9 Å². The largest absolute Gasteiger partial charge is 0.339 e. The molecule has 0 bridgehead atoms. The summed E-state index contributed by atoms with van der Waals surface area (Å²) in [5.74, 6) is 0.418. The Kier molecular flexibility index (Phi) is 6.47. The van der Waals surface area contributed by atoms with Crippen LogP contribution in [0.5, 0.6) is 0 Å². The zero-order valence-corrected chi connectivity index (χ0v) is 18.1. The SMILES string of the molecule is Cc1ccc(SCC(=O)N2CCN(S(=O)(=O)c3ccc(C)c(C)c3)CC2)cc1. The molecule has 0 saturated carbocycles. The molecular formula is C21H26N2O3S2. The normalized spacial score (nSPS) is 15.6. The molecule has 0 unspecified atom stereocenters. The maximum atomic E-state index is 12.9. The molecule has 1 fully saturated rings. The molecule has 1 saturated heterocycles. The van der Waals surface area contributed by atoms with Crippen LogP contribution in [0, 0.1) is 20.8 Å². The van der Waals surface area contributed by atoms with Crippen molar-refractivity contribution >= 4 is 27.7 Å². The highest BCUT2D eigenvalue weighted by Gasteiger charge is 2.30. The molecule has 0 N–H and O–H groups in total. The molecule has 0 aliphatic carbocycles. The van der Waals surface area contributed by atoms with Crippen molar-refractivity contribution in [3.8, 4) is 0 Å². The van der Waals surface area contributed by atoms with Crippen LogP contribution in [0.3, 0.4) is 0 Å². The van der Waals surface area contributed by atoms with E-state index >= 15 is 0 Å². The summed E-state index contributed by atoms with van der Waals surface area (Å²) in [6, 6.07) is 13.3. The van der Waals surface area contributed by atoms with Crippen LogP contribution in [0.1, 0.15) is 16.7 Å². The minimum absolute atomic E-state index is 0.0498. The van der Waals surface area contributed by atoms with Gasteiger partial charge in [-0.05, 0) is 56.2 Å². The van der Waals surface area contributed by atoms with Gasteiger partial charge >= 0.3 is 0 Å². The maximum absolute atomic E-state index is 12.9. The molecule has 1 amide bonds. The quantitative estimate of drug-likeness (QED) is 0.700. The number of thioether (sulfide) groups is 1. The third-order valence-electron chi connectivity index (χ3n) is 5.09. The second-order valence-corrected chi connectivity index (χ2v) is 10.1. The summed E-state index contributed by atoms with van der Waals surface area (Å²) in [6.45, 7) is 7.42. The number of sulfonamides is 1. The maximum Gasteiger partial charge on any atom is 0.243 e. The average Bonchev–Trinajstić information content (AvgIpc) is 2.69. The second-order valence-electron chi connectivity index (χ2n) is 7.13. The van der Waals surface area contributed by atoms with E-state index in [2.05, 4.69) is 0 Å². The molecule has 0 aromatic heterocycles. The number of hydrogen-bond donors (Lipinski definition) is 0. The van der Waals surface area contributed by atoms with Crippen LogP contribution in [0.4, 0.5) is 0 Å². The Bertz CT molecular complexity index is 948. The molecule has 1 heterocycles. The highest BCUT2D eigenvalue weighted by molar-refractivity contribution is 8.00. The standard InChI is InChI=1S/C21H26N2O3S2/c1-16-4-7-19(8-5-16)27-15-21(24)22-10-12-23(13-11-22)28(25,26)20-9-6-17(2)18(3)14-20/h4-9,14H,10-13,15H2,1-3H3. The Hall–Kier alpha value is -1.83. The van der Waals surface area contributed by atoms with E-state index in [-0.39, 0.29) is 5.91 Å². The smallest absolute Gasteiger partial charge is 0.243 e. The lowest BCUT2D eigenvalue weighted by Gasteiger charge is -2.34. The number of rotatable bonds is 5. The Morgan fingerprint density at radius 3 is 2.18 bits per heavy atom. The number of hydrogen-bond acceptors (Lipinski definition) is 4. The number of carbonyl (C=O) groups excluding carboxylic acids is 1. The summed E-state index contributed by atoms with van der Waals surface area (Å²) in [5.41, 5.74) is 3.22. The molecule has 1 aliphatic rings. The summed E-state index contributed by atoms with van der Waals surface area (Å²) in [6.07, 6.45) is 0. The first-order valence-corrected chi connectivity index (χ1v) is 11.7. The van der Waals surface area contributed by atoms with E-state index in [0.717, 1.165) is 16.0 Å². The third-order valence-corrected chi connectivity index (χ3v) is 7.98. The fraction of sp³-hybridized carbons (Fsp3) is 0.381. The van der Waals surface area contributed by atoms with Gasteiger partial charge in [-0.3, -0.25) is 4.79 Å². The van der Waals surface area contributed by atoms with Crippen LogP contribution < -0.4 is 0 Å². The number of carbonyl (C=O) groups is 1. The first-order chi connectivity index (χ1) is 13.3. The molecule has 7 heteroatoms. The zero-order valence-electron chi connectivity index (χ0n) is 16.5. The van der Waals surface area contributed by atoms with Crippen LogP contribution >= 0.6 is 11.8 Å². The molecular weight excluding hydrogens is 392 g/mol. The average molecular weight is 419 g/mol. The van der Waals surface area contributed by atoms with Crippen molar-refractivity contribution in [2.24, 2.45) is 0 Å². The topological polar surface area (TPSA) is 57.7 Å². The van der Waals surface area contributed by atoms with Crippen LogP contribution in [0.25, 0.3) is 0 Å². The highest BCUT2D eigenvalue weighted by atomic mass is 32.2. The summed E-state index contributed by atoms with van der Waals surface area (Å²) in [4.78, 5) is 15.6. The Labute approximate surface area is 171 Å². The van der Waals surface area contributed by atoms with E-state index in [1.54, 1.807) is 17.0 Å². The molecule has 3 rings (SSSR count). The number of amides is 1. The van der Waals surface area contributed by atoms with Gasteiger partial charge in [0.15, 0.2) is 0 Å². The highest BCUT2D eigenvalue weighted by Crippen LogP contribution is 2.22. The van der Waals surface area contributed by atoms with Crippen molar-refractivity contribution in [2.75, 3.05) is 31.9 Å². The van der Waals surface area contributed by atoms with Crippen LogP contribution in [0.15, 0.2) is 52.3 Å². The van der Waals surface area contributed by atoms with Gasteiger partial charge in [0.25, 0.3) is 0 Å². The Morgan fingerprint density at radius 1 is 0.929 bits per heavy atom. The summed E-state index contributed by atoms with van der Waals surface area (Å²) < 4.78 is 27.2. The number of benzene rings is 2. The van der Waals surface area contributed by atoms with Crippen molar-refractivity contribution in [3.05, 3.63) is 59.2 Å². The van der Waals surface area contributed by atoms with E-state index in [9.17, 15) is 13.2 Å². The third kappa shape index (κ3) is 4.77. The first kappa shape index (κ1) is 20.9. The van der Waals surface area contributed by atoms with Gasteiger partial charge in [0.1, 0.15) is 0 Å². The fourth-order valence-corrected chi connectivity index (χ4v) is 5.38. The van der Waals surface area contributed by atoms with Gasteiger partial charge in [-0.15, -0.1) is 11.8 Å². The van der Waals surface area contributed by atoms with Gasteiger partial charge in [0.05, 0.1) is 10.6 Å². The van der Waals surface area contributed by atoms with Crippen molar-refractivity contribution < 1.29 is 13.2 Å². The molecule has 28 heavy (non-hydrogen) atoms. The van der Waals surface area contributed by atoms with Crippen LogP contribution in [-0.4, -0.2) is 55.5 Å². The van der Waals surface area contributed by atoms with Crippen molar-refractivity contribution in [1.29, 1.82) is 0 Å². The number of piperazine rings is 1. The van der Waals surface area contributed by atoms with Crippen molar-refractivity contribution in [1.82, 2.24) is 9.21 Å². The lowest BCUT2D eigenvalue weighted by Crippen LogP contribution is -2.50. The first-order valence-electron chi connectivity index (χ1n) is 9.32. The lowest BCUT2D eigenvalue weighted by molar-refractivity contribution is -0.129. The molecule has 150 valence electrons. The lowest BCUT2D eigenvalue weighted by atomic mass is 10.1. The summed E-state index contributed by atoms with van der Waals surface area (Å²) in [7, 11) is -3.52. The fourth-order valence-electron chi connectivity index (χ4n) is 3.07. The van der Waals surface area contributed by atoms with E-state index in [1.165, 1.54) is 21.6 Å². The molecule has 0 radical (unpaired) electrons. The molecule has 1 aliphatic heterocycles. The molecule has 0 atom stereocenters. The molecule has 2 aromatic rings. The van der Waals surface area contributed by atoms with Gasteiger partial charge in [-0.1, -0.05) is 23.8 Å². The number of aryl methyl sites for hydroxylation is 3. The monoisotopic (exact) mass is 418 g/mol. The second kappa shape index (κ2) is 8.68. The van der Waals surface area contributed by atoms with E-state index in [0.29, 0.717) is 36.8 Å². The Morgan fingerprint density at radius 2 is 1.57 bits per heavy atom. The zero-order chi connectivity index (χ0) is 20.3. The molecule has 2 aromatic carbocycles. The molecule has 0 spiro atoms. The minimum Gasteiger partial charge on any atom is -0.339 e. The van der Waals surface area contributed by atoms with E-state index < -0.39 is 10.0 Å². The van der Waals surface area contributed by atoms with Crippen LogP contribution in [-0.2, 0) is 14.8 Å². The van der Waals surface area contributed by atoms with E-state index in [1.807, 2.05) is 51.1 Å². The van der Waals surface area contributed by atoms with Crippen LogP contribution in [0.2, 0.25) is 0 Å². The Balaban J connectivity index is 1.56. The molecule has 5 nitrogen and oxygen atoms in total. The predicted molar refractivity (Wildman–Crippen MR) is 113 cm³/mol. The van der Waals surface area contributed by atoms with Crippen molar-refractivity contribution in [3.63, 3.8) is 0 Å². The van der Waals surface area contributed by atoms with Crippen molar-refractivity contribution in [2.45, 2.75) is 30.6 Å². The van der Waals surface area contributed by atoms with E-state index in [4.69, 9.17) is 0 Å². The predicted octanol–water partition coefficient (Wildman–Crippen LogP) is 3.24.